The maximum atomic E-state index is 11.8. The first-order valence-electron chi connectivity index (χ1n) is 6.17. The quantitative estimate of drug-likeness (QED) is 0.870. The van der Waals surface area contributed by atoms with Gasteiger partial charge in [-0.3, -0.25) is 9.48 Å². The first kappa shape index (κ1) is 14.6. The number of ether oxygens (including phenoxy) is 1. The number of hydrogen-bond acceptors (Lipinski definition) is 4. The summed E-state index contributed by atoms with van der Waals surface area (Å²) < 4.78 is 7.75. The lowest BCUT2D eigenvalue weighted by Crippen LogP contribution is -2.15. The minimum Gasteiger partial charge on any atom is -0.459 e. The van der Waals surface area contributed by atoms with Crippen molar-refractivity contribution in [2.75, 3.05) is 5.73 Å². The number of benzene rings is 1. The Morgan fingerprint density at radius 3 is 2.80 bits per heavy atom. The van der Waals surface area contributed by atoms with Gasteiger partial charge in [-0.15, -0.1) is 0 Å². The molecule has 0 fully saturated rings. The Bertz CT molecular complexity index is 637. The van der Waals surface area contributed by atoms with Crippen LogP contribution in [0.25, 0.3) is 0 Å². The molecule has 0 spiro atoms. The van der Waals surface area contributed by atoms with Crippen LogP contribution in [-0.2, 0) is 22.7 Å². The van der Waals surface area contributed by atoms with E-state index in [0.717, 1.165) is 21.4 Å². The molecule has 0 radical (unpaired) electrons. The summed E-state index contributed by atoms with van der Waals surface area (Å²) in [7, 11) is 0. The Morgan fingerprint density at radius 1 is 1.45 bits per heavy atom. The molecule has 1 heterocycles. The van der Waals surface area contributed by atoms with Gasteiger partial charge in [-0.05, 0) is 31.5 Å². The van der Waals surface area contributed by atoms with Crippen LogP contribution in [0.5, 0.6) is 0 Å². The van der Waals surface area contributed by atoms with Crippen LogP contribution < -0.4 is 5.73 Å². The molecule has 0 saturated heterocycles. The minimum atomic E-state index is -0.337. The lowest BCUT2D eigenvalue weighted by Gasteiger charge is -2.07. The average Bonchev–Trinajstić information content (AvgIpc) is 2.64. The smallest absolute Gasteiger partial charge is 0.328 e. The van der Waals surface area contributed by atoms with E-state index in [9.17, 15) is 4.79 Å². The molecular weight excluding hydrogens is 322 g/mol. The summed E-state index contributed by atoms with van der Waals surface area (Å²) in [6, 6.07) is 7.63. The van der Waals surface area contributed by atoms with E-state index >= 15 is 0 Å². The highest BCUT2D eigenvalue weighted by Gasteiger charge is 2.12. The number of anilines is 1. The molecule has 0 aliphatic rings. The van der Waals surface area contributed by atoms with Crippen LogP contribution in [0.1, 0.15) is 17.0 Å². The predicted octanol–water partition coefficient (Wildman–Crippen LogP) is 2.59. The number of halogens is 1. The van der Waals surface area contributed by atoms with E-state index in [0.29, 0.717) is 5.69 Å². The van der Waals surface area contributed by atoms with Gasteiger partial charge >= 0.3 is 5.97 Å². The Balaban J connectivity index is 1.94. The summed E-state index contributed by atoms with van der Waals surface area (Å²) in [5.41, 5.74) is 8.87. The second-order valence-electron chi connectivity index (χ2n) is 4.53. The van der Waals surface area contributed by atoms with Crippen molar-refractivity contribution in [3.63, 3.8) is 0 Å². The lowest BCUT2D eigenvalue weighted by molar-refractivity contribution is -0.145. The number of nitrogen functional groups attached to an aromatic ring is 1. The molecule has 2 aromatic rings. The van der Waals surface area contributed by atoms with Crippen molar-refractivity contribution >= 4 is 27.6 Å². The van der Waals surface area contributed by atoms with Crippen LogP contribution in [0.2, 0.25) is 0 Å². The third-order valence-corrected chi connectivity index (χ3v) is 3.50. The number of nitrogens with two attached hydrogens (primary N) is 1. The van der Waals surface area contributed by atoms with Gasteiger partial charge in [0.05, 0.1) is 17.1 Å². The fourth-order valence-electron chi connectivity index (χ4n) is 1.82. The van der Waals surface area contributed by atoms with E-state index in [-0.39, 0.29) is 19.1 Å². The fourth-order valence-corrected chi connectivity index (χ4v) is 2.27. The summed E-state index contributed by atoms with van der Waals surface area (Å²) in [5, 5.41) is 4.20. The monoisotopic (exact) mass is 337 g/mol. The van der Waals surface area contributed by atoms with Crippen molar-refractivity contribution in [2.24, 2.45) is 0 Å². The van der Waals surface area contributed by atoms with Crippen LogP contribution in [0.15, 0.2) is 28.7 Å². The number of esters is 1. The molecule has 0 amide bonds. The van der Waals surface area contributed by atoms with Crippen molar-refractivity contribution in [2.45, 2.75) is 27.0 Å². The first-order valence-corrected chi connectivity index (χ1v) is 6.96. The van der Waals surface area contributed by atoms with Gasteiger partial charge in [0.1, 0.15) is 13.2 Å². The topological polar surface area (TPSA) is 70.1 Å². The van der Waals surface area contributed by atoms with Crippen molar-refractivity contribution < 1.29 is 9.53 Å². The molecule has 6 heteroatoms. The highest BCUT2D eigenvalue weighted by atomic mass is 79.9. The summed E-state index contributed by atoms with van der Waals surface area (Å²) in [4.78, 5) is 11.8. The molecule has 0 unspecified atom stereocenters. The highest BCUT2D eigenvalue weighted by molar-refractivity contribution is 9.10. The van der Waals surface area contributed by atoms with Crippen molar-refractivity contribution in [1.29, 1.82) is 0 Å². The van der Waals surface area contributed by atoms with Gasteiger partial charge in [0.2, 0.25) is 0 Å². The molecule has 106 valence electrons. The van der Waals surface area contributed by atoms with Gasteiger partial charge in [0.15, 0.2) is 0 Å². The summed E-state index contributed by atoms with van der Waals surface area (Å²) in [6.07, 6.45) is 0. The van der Waals surface area contributed by atoms with Crippen molar-refractivity contribution in [1.82, 2.24) is 9.78 Å². The third kappa shape index (κ3) is 3.39. The zero-order chi connectivity index (χ0) is 14.7. The van der Waals surface area contributed by atoms with Gasteiger partial charge in [0.25, 0.3) is 0 Å². The zero-order valence-corrected chi connectivity index (χ0v) is 13.0. The van der Waals surface area contributed by atoms with E-state index in [4.69, 9.17) is 10.5 Å². The molecule has 2 rings (SSSR count). The number of carbonyl (C=O) groups excluding carboxylic acids is 1. The molecule has 0 bridgehead atoms. The molecule has 0 aliphatic carbocycles. The number of aryl methyl sites for hydroxylation is 1. The highest BCUT2D eigenvalue weighted by Crippen LogP contribution is 2.15. The van der Waals surface area contributed by atoms with Gasteiger partial charge in [-0.25, -0.2) is 0 Å². The Kier molecular flexibility index (Phi) is 4.44. The molecular formula is C14H16BrN3O2. The second-order valence-corrected chi connectivity index (χ2v) is 5.45. The number of hydrogen-bond donors (Lipinski definition) is 1. The van der Waals surface area contributed by atoms with E-state index in [1.54, 1.807) is 4.68 Å². The number of rotatable bonds is 4. The van der Waals surface area contributed by atoms with E-state index < -0.39 is 0 Å². The molecule has 2 N–H and O–H groups in total. The number of aromatic nitrogens is 2. The molecule has 0 saturated carbocycles. The molecule has 5 nitrogen and oxygen atoms in total. The average molecular weight is 338 g/mol. The molecule has 0 atom stereocenters. The van der Waals surface area contributed by atoms with Crippen molar-refractivity contribution in [3.8, 4) is 0 Å². The molecule has 20 heavy (non-hydrogen) atoms. The van der Waals surface area contributed by atoms with Crippen molar-refractivity contribution in [3.05, 3.63) is 45.7 Å². The summed E-state index contributed by atoms with van der Waals surface area (Å²) in [6.45, 7) is 3.95. The summed E-state index contributed by atoms with van der Waals surface area (Å²) in [5.74, 6) is -0.337. The van der Waals surface area contributed by atoms with Crippen LogP contribution in [0, 0.1) is 13.8 Å². The molecule has 1 aromatic carbocycles. The minimum absolute atomic E-state index is 0.0673. The van der Waals surface area contributed by atoms with Gasteiger partial charge < -0.3 is 10.5 Å². The Labute approximate surface area is 125 Å². The van der Waals surface area contributed by atoms with E-state index in [2.05, 4.69) is 21.0 Å². The zero-order valence-electron chi connectivity index (χ0n) is 11.4. The maximum Gasteiger partial charge on any atom is 0.328 e. The maximum absolute atomic E-state index is 11.8. The fraction of sp³-hybridized carbons (Fsp3) is 0.286. The van der Waals surface area contributed by atoms with Gasteiger partial charge in [0, 0.05) is 4.47 Å². The van der Waals surface area contributed by atoms with Gasteiger partial charge in [-0.1, -0.05) is 28.1 Å². The second kappa shape index (κ2) is 6.09. The largest absolute Gasteiger partial charge is 0.459 e. The lowest BCUT2D eigenvalue weighted by atomic mass is 10.2. The summed E-state index contributed by atoms with van der Waals surface area (Å²) >= 11 is 3.37. The SMILES string of the molecule is Cc1nn(CC(=O)OCc2cccc(Br)c2)c(C)c1N. The van der Waals surface area contributed by atoms with E-state index in [1.807, 2.05) is 38.1 Å². The molecule has 0 aliphatic heterocycles. The normalized spacial score (nSPS) is 10.6. The molecule has 1 aromatic heterocycles. The number of carbonyl (C=O) groups is 1. The van der Waals surface area contributed by atoms with Crippen LogP contribution in [0.4, 0.5) is 5.69 Å². The number of nitrogens with zero attached hydrogens (tertiary/aromatic N) is 2. The van der Waals surface area contributed by atoms with E-state index in [1.165, 1.54) is 0 Å². The van der Waals surface area contributed by atoms with Crippen LogP contribution in [-0.4, -0.2) is 15.7 Å². The van der Waals surface area contributed by atoms with Crippen LogP contribution in [0.3, 0.4) is 0 Å². The Morgan fingerprint density at radius 2 is 2.20 bits per heavy atom. The Hall–Kier alpha value is -1.82. The predicted molar refractivity (Wildman–Crippen MR) is 80.1 cm³/mol. The third-order valence-electron chi connectivity index (χ3n) is 3.01. The van der Waals surface area contributed by atoms with Gasteiger partial charge in [-0.2, -0.15) is 5.10 Å². The first-order chi connectivity index (χ1) is 9.47. The standard InChI is InChI=1S/C14H16BrN3O2/c1-9-14(16)10(2)18(17-9)7-13(19)20-8-11-4-3-5-12(15)6-11/h3-6H,7-8,16H2,1-2H3. The van der Waals surface area contributed by atoms with Crippen LogP contribution >= 0.6 is 15.9 Å².